The number of nitrogens with one attached hydrogen (secondary N) is 1. The largest absolute Gasteiger partial charge is 0.480 e. The summed E-state index contributed by atoms with van der Waals surface area (Å²) < 4.78 is 35.5. The van der Waals surface area contributed by atoms with Crippen LogP contribution in [0.1, 0.15) is 19.3 Å². The van der Waals surface area contributed by atoms with Crippen molar-refractivity contribution >= 4 is 11.9 Å². The molecular weight excluding hydrogens is 227 g/mol. The average molecular weight is 239 g/mol. The molecule has 0 spiro atoms. The SMILES string of the molecule is C=CCCCC(NC(=O)C(F)(F)F)C(=O)O. The van der Waals surface area contributed by atoms with Crippen molar-refractivity contribution in [1.82, 2.24) is 5.32 Å². The van der Waals surface area contributed by atoms with Crippen molar-refractivity contribution < 1.29 is 27.9 Å². The van der Waals surface area contributed by atoms with Crippen molar-refractivity contribution in [3.8, 4) is 0 Å². The van der Waals surface area contributed by atoms with Gasteiger partial charge in [-0.25, -0.2) is 4.79 Å². The van der Waals surface area contributed by atoms with Gasteiger partial charge in [0.05, 0.1) is 0 Å². The number of aliphatic carboxylic acids is 1. The number of carboxylic acids is 1. The van der Waals surface area contributed by atoms with Crippen LogP contribution >= 0.6 is 0 Å². The maximum Gasteiger partial charge on any atom is 0.471 e. The number of carbonyl (C=O) groups is 2. The fourth-order valence-electron chi connectivity index (χ4n) is 0.964. The number of alkyl halides is 3. The number of rotatable bonds is 6. The number of unbranched alkanes of at least 4 members (excludes halogenated alkanes) is 1. The Balaban J connectivity index is 4.29. The Morgan fingerprint density at radius 1 is 1.44 bits per heavy atom. The maximum absolute atomic E-state index is 11.8. The van der Waals surface area contributed by atoms with Gasteiger partial charge in [0.1, 0.15) is 6.04 Å². The molecular formula is C9H12F3NO3. The fourth-order valence-corrected chi connectivity index (χ4v) is 0.964. The lowest BCUT2D eigenvalue weighted by atomic mass is 10.1. The standard InChI is InChI=1S/C9H12F3NO3/c1-2-3-4-5-6(7(14)15)13-8(16)9(10,11)12/h2,6H,1,3-5H2,(H,13,16)(H,14,15). The number of amides is 1. The quantitative estimate of drug-likeness (QED) is 0.545. The number of hydrogen-bond donors (Lipinski definition) is 2. The Kier molecular flexibility index (Phi) is 5.55. The third-order valence-electron chi connectivity index (χ3n) is 1.76. The van der Waals surface area contributed by atoms with E-state index in [4.69, 9.17) is 5.11 Å². The smallest absolute Gasteiger partial charge is 0.471 e. The normalized spacial score (nSPS) is 12.9. The third kappa shape index (κ3) is 5.38. The van der Waals surface area contributed by atoms with Crippen molar-refractivity contribution in [3.63, 3.8) is 0 Å². The van der Waals surface area contributed by atoms with Crippen LogP contribution in [0, 0.1) is 0 Å². The maximum atomic E-state index is 11.8. The molecule has 0 aromatic heterocycles. The topological polar surface area (TPSA) is 66.4 Å². The molecule has 0 aliphatic rings. The summed E-state index contributed by atoms with van der Waals surface area (Å²) in [5, 5.41) is 10.00. The predicted octanol–water partition coefficient (Wildman–Crippen LogP) is 1.47. The predicted molar refractivity (Wildman–Crippen MR) is 49.7 cm³/mol. The van der Waals surface area contributed by atoms with Crippen molar-refractivity contribution in [2.75, 3.05) is 0 Å². The first kappa shape index (κ1) is 14.5. The van der Waals surface area contributed by atoms with E-state index in [0.29, 0.717) is 12.8 Å². The molecule has 1 amide bonds. The molecule has 1 unspecified atom stereocenters. The molecule has 0 radical (unpaired) electrons. The monoisotopic (exact) mass is 239 g/mol. The zero-order valence-corrected chi connectivity index (χ0v) is 8.38. The Morgan fingerprint density at radius 3 is 2.38 bits per heavy atom. The van der Waals surface area contributed by atoms with Crippen LogP contribution in [-0.2, 0) is 9.59 Å². The second kappa shape index (κ2) is 6.14. The lowest BCUT2D eigenvalue weighted by Crippen LogP contribution is -2.46. The molecule has 0 rings (SSSR count). The van der Waals surface area contributed by atoms with Gasteiger partial charge in [0.15, 0.2) is 0 Å². The number of carboxylic acid groups (broad SMARTS) is 1. The van der Waals surface area contributed by atoms with Gasteiger partial charge in [-0.15, -0.1) is 6.58 Å². The van der Waals surface area contributed by atoms with Crippen molar-refractivity contribution in [1.29, 1.82) is 0 Å². The lowest BCUT2D eigenvalue weighted by molar-refractivity contribution is -0.175. The molecule has 0 aromatic rings. The first-order valence-corrected chi connectivity index (χ1v) is 4.50. The Bertz CT molecular complexity index is 276. The highest BCUT2D eigenvalue weighted by atomic mass is 19.4. The molecule has 0 aromatic carbocycles. The van der Waals surface area contributed by atoms with Gasteiger partial charge in [0.25, 0.3) is 0 Å². The number of carbonyl (C=O) groups excluding carboxylic acids is 1. The van der Waals surface area contributed by atoms with E-state index in [1.165, 1.54) is 11.4 Å². The van der Waals surface area contributed by atoms with Crippen LogP contribution in [0.25, 0.3) is 0 Å². The van der Waals surface area contributed by atoms with Gasteiger partial charge in [-0.3, -0.25) is 4.79 Å². The molecule has 0 heterocycles. The van der Waals surface area contributed by atoms with E-state index in [1.807, 2.05) is 0 Å². The molecule has 2 N–H and O–H groups in total. The summed E-state index contributed by atoms with van der Waals surface area (Å²) in [6, 6.07) is -1.52. The average Bonchev–Trinajstić information content (AvgIpc) is 2.14. The molecule has 16 heavy (non-hydrogen) atoms. The van der Waals surface area contributed by atoms with Crippen LogP contribution in [0.15, 0.2) is 12.7 Å². The van der Waals surface area contributed by atoms with Crippen molar-refractivity contribution in [3.05, 3.63) is 12.7 Å². The zero-order chi connectivity index (χ0) is 12.8. The zero-order valence-electron chi connectivity index (χ0n) is 8.38. The molecule has 0 aliphatic heterocycles. The molecule has 0 fully saturated rings. The second-order valence-electron chi connectivity index (χ2n) is 3.08. The summed E-state index contributed by atoms with van der Waals surface area (Å²) in [6.07, 6.45) is -2.79. The molecule has 0 aliphatic carbocycles. The molecule has 1 atom stereocenters. The third-order valence-corrected chi connectivity index (χ3v) is 1.76. The van der Waals surface area contributed by atoms with Gasteiger partial charge >= 0.3 is 18.1 Å². The molecule has 92 valence electrons. The van der Waals surface area contributed by atoms with E-state index in [0.717, 1.165) is 0 Å². The minimum Gasteiger partial charge on any atom is -0.480 e. The van der Waals surface area contributed by atoms with Gasteiger partial charge in [-0.2, -0.15) is 13.2 Å². The van der Waals surface area contributed by atoms with Crippen LogP contribution in [0.4, 0.5) is 13.2 Å². The van der Waals surface area contributed by atoms with Gasteiger partial charge in [0, 0.05) is 0 Å². The highest BCUT2D eigenvalue weighted by Gasteiger charge is 2.40. The summed E-state index contributed by atoms with van der Waals surface area (Å²) in [6.45, 7) is 3.39. The lowest BCUT2D eigenvalue weighted by Gasteiger charge is -2.15. The highest BCUT2D eigenvalue weighted by molar-refractivity contribution is 5.86. The number of halogens is 3. The van der Waals surface area contributed by atoms with E-state index >= 15 is 0 Å². The summed E-state index contributed by atoms with van der Waals surface area (Å²) in [5.74, 6) is -3.72. The minimum absolute atomic E-state index is 0.0663. The van der Waals surface area contributed by atoms with Crippen LogP contribution in [0.3, 0.4) is 0 Å². The van der Waals surface area contributed by atoms with Gasteiger partial charge in [-0.1, -0.05) is 6.08 Å². The van der Waals surface area contributed by atoms with Crippen LogP contribution in [0.2, 0.25) is 0 Å². The highest BCUT2D eigenvalue weighted by Crippen LogP contribution is 2.15. The first-order chi connectivity index (χ1) is 7.29. The summed E-state index contributed by atoms with van der Waals surface area (Å²) in [5.41, 5.74) is 0. The number of hydrogen-bond acceptors (Lipinski definition) is 2. The fraction of sp³-hybridized carbons (Fsp3) is 0.556. The Morgan fingerprint density at radius 2 is 2.00 bits per heavy atom. The first-order valence-electron chi connectivity index (χ1n) is 4.50. The summed E-state index contributed by atoms with van der Waals surface area (Å²) in [4.78, 5) is 21.0. The van der Waals surface area contributed by atoms with Gasteiger partial charge in [-0.05, 0) is 19.3 Å². The van der Waals surface area contributed by atoms with Crippen molar-refractivity contribution in [2.45, 2.75) is 31.5 Å². The Labute approximate surface area is 90.1 Å². The minimum atomic E-state index is -5.06. The van der Waals surface area contributed by atoms with Crippen LogP contribution in [-0.4, -0.2) is 29.2 Å². The molecule has 0 saturated heterocycles. The van der Waals surface area contributed by atoms with E-state index in [9.17, 15) is 22.8 Å². The van der Waals surface area contributed by atoms with E-state index < -0.39 is 24.1 Å². The summed E-state index contributed by atoms with van der Waals surface area (Å²) in [7, 11) is 0. The molecule has 0 bridgehead atoms. The van der Waals surface area contributed by atoms with Gasteiger partial charge < -0.3 is 10.4 Å². The number of allylic oxidation sites excluding steroid dienone is 1. The molecule has 0 saturated carbocycles. The van der Waals surface area contributed by atoms with E-state index in [-0.39, 0.29) is 6.42 Å². The van der Waals surface area contributed by atoms with Crippen molar-refractivity contribution in [2.24, 2.45) is 0 Å². The van der Waals surface area contributed by atoms with E-state index in [1.54, 1.807) is 0 Å². The van der Waals surface area contributed by atoms with Gasteiger partial charge in [0.2, 0.25) is 0 Å². The summed E-state index contributed by atoms with van der Waals surface area (Å²) >= 11 is 0. The van der Waals surface area contributed by atoms with Crippen LogP contribution in [0.5, 0.6) is 0 Å². The second-order valence-corrected chi connectivity index (χ2v) is 3.08. The Hall–Kier alpha value is -1.53. The van der Waals surface area contributed by atoms with E-state index in [2.05, 4.69) is 6.58 Å². The molecule has 7 heteroatoms. The molecule has 4 nitrogen and oxygen atoms in total. The van der Waals surface area contributed by atoms with Crippen LogP contribution < -0.4 is 5.32 Å².